The first-order valence-electron chi connectivity index (χ1n) is 7.05. The quantitative estimate of drug-likeness (QED) is 0.821. The van der Waals surface area contributed by atoms with Crippen molar-refractivity contribution < 1.29 is 8.42 Å². The zero-order chi connectivity index (χ0) is 13.0. The fourth-order valence-corrected chi connectivity index (χ4v) is 4.28. The second kappa shape index (κ2) is 7.78. The Morgan fingerprint density at radius 3 is 2.37 bits per heavy atom. The molecule has 0 amide bonds. The van der Waals surface area contributed by atoms with Gasteiger partial charge in [0, 0.05) is 25.7 Å². The van der Waals surface area contributed by atoms with Gasteiger partial charge in [0.1, 0.15) is 0 Å². The summed E-state index contributed by atoms with van der Waals surface area (Å²) >= 11 is 0. The zero-order valence-electron chi connectivity index (χ0n) is 11.6. The Balaban J connectivity index is 0.00000180. The van der Waals surface area contributed by atoms with Crippen molar-refractivity contribution in [2.45, 2.75) is 57.0 Å². The normalized spacial score (nSPS) is 26.1. The largest absolute Gasteiger partial charge is 0.315 e. The first-order chi connectivity index (χ1) is 8.59. The van der Waals surface area contributed by atoms with E-state index in [-0.39, 0.29) is 24.5 Å². The Morgan fingerprint density at radius 1 is 1.11 bits per heavy atom. The van der Waals surface area contributed by atoms with E-state index in [1.807, 2.05) is 0 Å². The lowest BCUT2D eigenvalue weighted by molar-refractivity contribution is 0.279. The predicted octanol–water partition coefficient (Wildman–Crippen LogP) is 1.26. The summed E-state index contributed by atoms with van der Waals surface area (Å²) in [6, 6.07) is 0.239. The SMILES string of the molecule is CN(C1CCCCC1)S(=O)(=O)N[C@H]1CCCNC1.Cl. The molecule has 2 N–H and O–H groups in total. The number of hydrogen-bond donors (Lipinski definition) is 2. The Hall–Kier alpha value is 0.120. The topological polar surface area (TPSA) is 61.4 Å². The Kier molecular flexibility index (Phi) is 7.04. The lowest BCUT2D eigenvalue weighted by Gasteiger charge is -2.32. The van der Waals surface area contributed by atoms with Crippen molar-refractivity contribution in [1.82, 2.24) is 14.3 Å². The first kappa shape index (κ1) is 17.2. The molecule has 1 atom stereocenters. The van der Waals surface area contributed by atoms with E-state index in [1.165, 1.54) is 6.42 Å². The molecular formula is C12H26ClN3O2S. The van der Waals surface area contributed by atoms with Gasteiger partial charge in [0.2, 0.25) is 0 Å². The summed E-state index contributed by atoms with van der Waals surface area (Å²) in [4.78, 5) is 0. The van der Waals surface area contributed by atoms with E-state index in [0.717, 1.165) is 51.6 Å². The molecule has 0 radical (unpaired) electrons. The third-order valence-electron chi connectivity index (χ3n) is 4.08. The highest BCUT2D eigenvalue weighted by Crippen LogP contribution is 2.23. The van der Waals surface area contributed by atoms with Crippen molar-refractivity contribution >= 4 is 22.6 Å². The number of hydrogen-bond acceptors (Lipinski definition) is 3. The van der Waals surface area contributed by atoms with Crippen LogP contribution < -0.4 is 10.0 Å². The Morgan fingerprint density at radius 2 is 1.79 bits per heavy atom. The summed E-state index contributed by atoms with van der Waals surface area (Å²) in [6.45, 7) is 1.74. The molecule has 1 heterocycles. The van der Waals surface area contributed by atoms with Crippen LogP contribution in [0.5, 0.6) is 0 Å². The van der Waals surface area contributed by atoms with Crippen LogP contribution in [-0.2, 0) is 10.2 Å². The van der Waals surface area contributed by atoms with Crippen molar-refractivity contribution in [1.29, 1.82) is 0 Å². The van der Waals surface area contributed by atoms with E-state index in [0.29, 0.717) is 0 Å². The van der Waals surface area contributed by atoms with Crippen molar-refractivity contribution in [3.05, 3.63) is 0 Å². The third kappa shape index (κ3) is 4.86. The second-order valence-electron chi connectivity index (χ2n) is 5.47. The summed E-state index contributed by atoms with van der Waals surface area (Å²) in [5.41, 5.74) is 0. The molecule has 1 aliphatic heterocycles. The maximum Gasteiger partial charge on any atom is 0.279 e. The summed E-state index contributed by atoms with van der Waals surface area (Å²) in [5, 5.41) is 3.23. The molecule has 0 spiro atoms. The molecule has 2 fully saturated rings. The average Bonchev–Trinajstić information content (AvgIpc) is 2.39. The highest BCUT2D eigenvalue weighted by molar-refractivity contribution is 7.87. The molecule has 0 bridgehead atoms. The standard InChI is InChI=1S/C12H25N3O2S.ClH/c1-15(12-7-3-2-4-8-12)18(16,17)14-11-6-5-9-13-10-11;/h11-14H,2-10H2,1H3;1H/t11-;/m0./s1. The molecule has 1 aliphatic carbocycles. The van der Waals surface area contributed by atoms with Gasteiger partial charge in [-0.2, -0.15) is 17.4 Å². The average molecular weight is 312 g/mol. The van der Waals surface area contributed by atoms with Gasteiger partial charge >= 0.3 is 0 Å². The molecule has 0 unspecified atom stereocenters. The van der Waals surface area contributed by atoms with E-state index in [1.54, 1.807) is 11.4 Å². The maximum atomic E-state index is 12.3. The number of halogens is 1. The number of piperidine rings is 1. The van der Waals surface area contributed by atoms with Gasteiger partial charge in [-0.25, -0.2) is 0 Å². The van der Waals surface area contributed by atoms with Crippen LogP contribution in [0, 0.1) is 0 Å². The summed E-state index contributed by atoms with van der Waals surface area (Å²) in [7, 11) is -1.60. The highest BCUT2D eigenvalue weighted by atomic mass is 35.5. The monoisotopic (exact) mass is 311 g/mol. The van der Waals surface area contributed by atoms with E-state index >= 15 is 0 Å². The summed E-state index contributed by atoms with van der Waals surface area (Å²) in [6.07, 6.45) is 7.51. The number of rotatable bonds is 4. The predicted molar refractivity (Wildman–Crippen MR) is 79.8 cm³/mol. The molecule has 5 nitrogen and oxygen atoms in total. The van der Waals surface area contributed by atoms with Gasteiger partial charge in [-0.3, -0.25) is 0 Å². The van der Waals surface area contributed by atoms with Crippen LogP contribution in [0.2, 0.25) is 0 Å². The smallest absolute Gasteiger partial charge is 0.279 e. The van der Waals surface area contributed by atoms with E-state index in [4.69, 9.17) is 0 Å². The summed E-state index contributed by atoms with van der Waals surface area (Å²) in [5.74, 6) is 0. The van der Waals surface area contributed by atoms with Crippen molar-refractivity contribution in [3.63, 3.8) is 0 Å². The van der Waals surface area contributed by atoms with Gasteiger partial charge in [0.05, 0.1) is 0 Å². The lowest BCUT2D eigenvalue weighted by atomic mass is 9.96. The molecule has 114 valence electrons. The zero-order valence-corrected chi connectivity index (χ0v) is 13.2. The second-order valence-corrected chi connectivity index (χ2v) is 7.24. The van der Waals surface area contributed by atoms with E-state index in [2.05, 4.69) is 10.0 Å². The molecule has 2 aliphatic rings. The van der Waals surface area contributed by atoms with Crippen LogP contribution >= 0.6 is 12.4 Å². The Labute approximate surface area is 123 Å². The third-order valence-corrected chi connectivity index (χ3v) is 5.77. The van der Waals surface area contributed by atoms with Crippen LogP contribution in [0.25, 0.3) is 0 Å². The van der Waals surface area contributed by atoms with Gasteiger partial charge < -0.3 is 5.32 Å². The van der Waals surface area contributed by atoms with Crippen molar-refractivity contribution in [2.24, 2.45) is 0 Å². The molecule has 0 aromatic heterocycles. The minimum atomic E-state index is -3.32. The van der Waals surface area contributed by atoms with Crippen molar-refractivity contribution in [3.8, 4) is 0 Å². The van der Waals surface area contributed by atoms with E-state index < -0.39 is 10.2 Å². The van der Waals surface area contributed by atoms with Crippen LogP contribution in [0.4, 0.5) is 0 Å². The first-order valence-corrected chi connectivity index (χ1v) is 8.49. The molecule has 1 saturated carbocycles. The maximum absolute atomic E-state index is 12.3. The van der Waals surface area contributed by atoms with Gasteiger partial charge in [-0.1, -0.05) is 19.3 Å². The summed E-state index contributed by atoms with van der Waals surface area (Å²) < 4.78 is 29.0. The van der Waals surface area contributed by atoms with Gasteiger partial charge in [0.25, 0.3) is 10.2 Å². The molecule has 1 saturated heterocycles. The molecule has 19 heavy (non-hydrogen) atoms. The van der Waals surface area contributed by atoms with Crippen molar-refractivity contribution in [2.75, 3.05) is 20.1 Å². The highest BCUT2D eigenvalue weighted by Gasteiger charge is 2.29. The van der Waals surface area contributed by atoms with Gasteiger partial charge in [0.15, 0.2) is 0 Å². The Bertz CT molecular complexity index is 352. The minimum absolute atomic E-state index is 0. The van der Waals surface area contributed by atoms with Crippen LogP contribution in [0.1, 0.15) is 44.9 Å². The molecule has 2 rings (SSSR count). The van der Waals surface area contributed by atoms with Crippen LogP contribution in [0.15, 0.2) is 0 Å². The fraction of sp³-hybridized carbons (Fsp3) is 1.00. The van der Waals surface area contributed by atoms with Crippen LogP contribution in [0.3, 0.4) is 0 Å². The molecule has 7 heteroatoms. The van der Waals surface area contributed by atoms with Gasteiger partial charge in [-0.05, 0) is 32.2 Å². The molecule has 0 aromatic carbocycles. The number of nitrogens with one attached hydrogen (secondary N) is 2. The minimum Gasteiger partial charge on any atom is -0.315 e. The van der Waals surface area contributed by atoms with Gasteiger partial charge in [-0.15, -0.1) is 12.4 Å². The lowest BCUT2D eigenvalue weighted by Crippen LogP contribution is -2.52. The molecule has 0 aromatic rings. The number of nitrogens with zero attached hydrogens (tertiary/aromatic N) is 1. The molecular weight excluding hydrogens is 286 g/mol. The fourth-order valence-electron chi connectivity index (χ4n) is 2.89. The van der Waals surface area contributed by atoms with Crippen LogP contribution in [-0.4, -0.2) is 44.9 Å². The van der Waals surface area contributed by atoms with E-state index in [9.17, 15) is 8.42 Å².